The topological polar surface area (TPSA) is 112 Å². The Morgan fingerprint density at radius 1 is 1.17 bits per heavy atom. The van der Waals surface area contributed by atoms with Crippen molar-refractivity contribution in [1.82, 2.24) is 15.6 Å². The number of rotatable bonds is 9. The largest absolute Gasteiger partial charge is 0.407 e. The lowest BCUT2D eigenvalue weighted by molar-refractivity contribution is -0.160. The second kappa shape index (κ2) is 10.7. The van der Waals surface area contributed by atoms with Crippen molar-refractivity contribution < 1.29 is 30.8 Å². The molecule has 1 amide bonds. The molecular formula is C23H24F4N4O3S. The molecule has 1 aromatic heterocycles. The fourth-order valence-corrected chi connectivity index (χ4v) is 5.60. The van der Waals surface area contributed by atoms with Gasteiger partial charge in [0.1, 0.15) is 23.4 Å². The number of carbonyl (C=O) groups excluding carboxylic acids is 1. The molecular weight excluding hydrogens is 488 g/mol. The number of nitrogens with zero attached hydrogens (tertiary/aromatic N) is 2. The van der Waals surface area contributed by atoms with E-state index in [9.17, 15) is 36.0 Å². The zero-order chi connectivity index (χ0) is 25.7. The van der Waals surface area contributed by atoms with E-state index < -0.39 is 62.4 Å². The molecule has 1 aromatic carbocycles. The van der Waals surface area contributed by atoms with E-state index in [0.717, 1.165) is 24.3 Å². The summed E-state index contributed by atoms with van der Waals surface area (Å²) < 4.78 is 80.9. The van der Waals surface area contributed by atoms with Crippen LogP contribution in [0.3, 0.4) is 0 Å². The minimum absolute atomic E-state index is 0.307. The van der Waals surface area contributed by atoms with Crippen LogP contribution in [0.25, 0.3) is 0 Å². The van der Waals surface area contributed by atoms with Crippen LogP contribution in [0.5, 0.6) is 0 Å². The van der Waals surface area contributed by atoms with E-state index in [-0.39, 0.29) is 0 Å². The van der Waals surface area contributed by atoms with Gasteiger partial charge in [-0.25, -0.2) is 12.8 Å². The first-order valence-corrected chi connectivity index (χ1v) is 12.7. The van der Waals surface area contributed by atoms with Crippen LogP contribution in [0.15, 0.2) is 48.8 Å². The summed E-state index contributed by atoms with van der Waals surface area (Å²) in [4.78, 5) is 16.9. The highest BCUT2D eigenvalue weighted by Gasteiger charge is 2.45. The first-order valence-electron chi connectivity index (χ1n) is 10.8. The van der Waals surface area contributed by atoms with Crippen LogP contribution in [0.2, 0.25) is 0 Å². The van der Waals surface area contributed by atoms with Gasteiger partial charge < -0.3 is 5.32 Å². The van der Waals surface area contributed by atoms with Gasteiger partial charge in [0.25, 0.3) is 0 Å². The van der Waals surface area contributed by atoms with E-state index in [2.05, 4.69) is 15.6 Å². The maximum atomic E-state index is 14.0. The molecule has 0 radical (unpaired) electrons. The highest BCUT2D eigenvalue weighted by Crippen LogP contribution is 2.34. The maximum absolute atomic E-state index is 14.0. The zero-order valence-corrected chi connectivity index (χ0v) is 19.4. The fourth-order valence-electron chi connectivity index (χ4n) is 4.05. The van der Waals surface area contributed by atoms with Crippen LogP contribution < -0.4 is 10.6 Å². The molecule has 3 rings (SSSR count). The molecule has 0 bridgehead atoms. The Morgan fingerprint density at radius 2 is 1.83 bits per heavy atom. The molecule has 35 heavy (non-hydrogen) atoms. The summed E-state index contributed by atoms with van der Waals surface area (Å²) in [5.41, 5.74) is -1.35. The fraction of sp³-hybridized carbons (Fsp3) is 0.435. The summed E-state index contributed by atoms with van der Waals surface area (Å²) >= 11 is 0. The lowest BCUT2D eigenvalue weighted by Crippen LogP contribution is -2.57. The predicted molar refractivity (Wildman–Crippen MR) is 119 cm³/mol. The molecule has 0 aliphatic heterocycles. The molecule has 12 heteroatoms. The van der Waals surface area contributed by atoms with Gasteiger partial charge in [0, 0.05) is 12.4 Å². The summed E-state index contributed by atoms with van der Waals surface area (Å²) in [5, 5.41) is 14.2. The molecule has 1 fully saturated rings. The quantitative estimate of drug-likeness (QED) is 0.499. The number of amides is 1. The lowest BCUT2D eigenvalue weighted by Gasteiger charge is -2.30. The molecule has 2 atom stereocenters. The van der Waals surface area contributed by atoms with Gasteiger partial charge in [-0.1, -0.05) is 18.2 Å². The highest BCUT2D eigenvalue weighted by molar-refractivity contribution is 7.90. The van der Waals surface area contributed by atoms with E-state index in [0.29, 0.717) is 31.2 Å². The zero-order valence-electron chi connectivity index (χ0n) is 18.6. The van der Waals surface area contributed by atoms with Crippen LogP contribution >= 0.6 is 0 Å². The number of hydrogen-bond acceptors (Lipinski definition) is 6. The Kier molecular flexibility index (Phi) is 8.12. The molecule has 1 heterocycles. The monoisotopic (exact) mass is 512 g/mol. The number of nitriles is 1. The van der Waals surface area contributed by atoms with Crippen molar-refractivity contribution >= 4 is 15.7 Å². The van der Waals surface area contributed by atoms with E-state index in [1.165, 1.54) is 24.5 Å². The average molecular weight is 513 g/mol. The van der Waals surface area contributed by atoms with E-state index in [1.807, 2.05) is 6.07 Å². The molecule has 1 saturated carbocycles. The van der Waals surface area contributed by atoms with Crippen LogP contribution in [-0.2, 0) is 20.4 Å². The molecule has 2 aromatic rings. The molecule has 188 valence electrons. The summed E-state index contributed by atoms with van der Waals surface area (Å²) in [5.74, 6) is -3.27. The number of benzene rings is 1. The van der Waals surface area contributed by atoms with Crippen molar-refractivity contribution in [1.29, 1.82) is 5.26 Å². The van der Waals surface area contributed by atoms with Gasteiger partial charge in [0.05, 0.1) is 17.6 Å². The Hall–Kier alpha value is -3.04. The number of pyridine rings is 1. The number of carbonyl (C=O) groups is 1. The van der Waals surface area contributed by atoms with Crippen LogP contribution in [0.1, 0.15) is 42.9 Å². The molecule has 1 unspecified atom stereocenters. The number of alkyl halides is 3. The Bertz CT molecular complexity index is 1160. The molecule has 1 aliphatic rings. The van der Waals surface area contributed by atoms with Gasteiger partial charge in [0.15, 0.2) is 9.84 Å². The first kappa shape index (κ1) is 26.6. The number of sulfone groups is 1. The van der Waals surface area contributed by atoms with Crippen molar-refractivity contribution in [3.8, 4) is 6.07 Å². The first-order chi connectivity index (χ1) is 16.4. The summed E-state index contributed by atoms with van der Waals surface area (Å²) in [6, 6.07) is 4.23. The Morgan fingerprint density at radius 3 is 2.37 bits per heavy atom. The van der Waals surface area contributed by atoms with Gasteiger partial charge in [-0.3, -0.25) is 15.1 Å². The summed E-state index contributed by atoms with van der Waals surface area (Å²) in [7, 11) is -4.09. The van der Waals surface area contributed by atoms with Crippen molar-refractivity contribution in [3.63, 3.8) is 0 Å². The Balaban J connectivity index is 1.91. The van der Waals surface area contributed by atoms with Crippen LogP contribution in [-0.4, -0.2) is 42.8 Å². The molecule has 1 aliphatic carbocycles. The van der Waals surface area contributed by atoms with Crippen molar-refractivity contribution in [2.45, 2.75) is 55.2 Å². The van der Waals surface area contributed by atoms with Crippen LogP contribution in [0.4, 0.5) is 17.6 Å². The van der Waals surface area contributed by atoms with Crippen LogP contribution in [0, 0.1) is 17.1 Å². The second-order valence-electron chi connectivity index (χ2n) is 8.55. The minimum atomic E-state index is -4.93. The third kappa shape index (κ3) is 7.22. The maximum Gasteiger partial charge on any atom is 0.407 e. The van der Waals surface area contributed by atoms with Crippen molar-refractivity contribution in [2.24, 2.45) is 0 Å². The summed E-state index contributed by atoms with van der Waals surface area (Å²) in [6.45, 7) is 0. The Labute approximate surface area is 200 Å². The lowest BCUT2D eigenvalue weighted by atomic mass is 9.99. The van der Waals surface area contributed by atoms with Gasteiger partial charge in [-0.15, -0.1) is 0 Å². The number of aromatic nitrogens is 1. The molecule has 2 N–H and O–H groups in total. The van der Waals surface area contributed by atoms with E-state index in [1.54, 1.807) is 0 Å². The third-order valence-corrected chi connectivity index (χ3v) is 7.39. The average Bonchev–Trinajstić information content (AvgIpc) is 3.25. The third-order valence-electron chi connectivity index (χ3n) is 5.78. The van der Waals surface area contributed by atoms with Gasteiger partial charge in [0.2, 0.25) is 5.91 Å². The standard InChI is InChI=1S/C23H24F4N4O3S/c24-18-7-5-17(6-8-18)20(23(25,26)27)30-19(21(32)31-22(15-28)9-1-2-10-22)14-35(33,34)13-16-4-3-11-29-12-16/h3-8,11-12,19-20,30H,1-2,9-10,13-14H2,(H,31,32)/t19?,20-/m1/s1. The number of nitrogens with one attached hydrogen (secondary N) is 2. The predicted octanol–water partition coefficient (Wildman–Crippen LogP) is 3.35. The van der Waals surface area contributed by atoms with Gasteiger partial charge >= 0.3 is 6.18 Å². The van der Waals surface area contributed by atoms with E-state index >= 15 is 0 Å². The summed E-state index contributed by atoms with van der Waals surface area (Å²) in [6.07, 6.45) is -0.272. The SMILES string of the molecule is N#CC1(NC(=O)C(CS(=O)(=O)Cc2cccnc2)N[C@H](c2ccc(F)cc2)C(F)(F)F)CCCC1. The second-order valence-corrected chi connectivity index (χ2v) is 10.7. The van der Waals surface area contributed by atoms with Crippen molar-refractivity contribution in [2.75, 3.05) is 5.75 Å². The van der Waals surface area contributed by atoms with Gasteiger partial charge in [-0.2, -0.15) is 18.4 Å². The smallest absolute Gasteiger partial charge is 0.336 e. The number of hydrogen-bond donors (Lipinski definition) is 2. The normalized spacial score (nSPS) is 17.3. The molecule has 0 spiro atoms. The van der Waals surface area contributed by atoms with E-state index in [4.69, 9.17) is 0 Å². The number of halogens is 4. The van der Waals surface area contributed by atoms with Crippen molar-refractivity contribution in [3.05, 3.63) is 65.7 Å². The highest BCUT2D eigenvalue weighted by atomic mass is 32.2. The molecule has 0 saturated heterocycles. The minimum Gasteiger partial charge on any atom is -0.336 e. The van der Waals surface area contributed by atoms with Gasteiger partial charge in [-0.05, 0) is 55.0 Å². The molecule has 7 nitrogen and oxygen atoms in total.